The summed E-state index contributed by atoms with van der Waals surface area (Å²) in [5, 5.41) is 1.99. The zero-order chi connectivity index (χ0) is 11.8. The molecule has 1 aromatic rings. The Labute approximate surface area is 101 Å². The maximum atomic E-state index is 5.83. The van der Waals surface area contributed by atoms with Crippen LogP contribution in [-0.4, -0.2) is 23.3 Å². The molecule has 1 aliphatic rings. The van der Waals surface area contributed by atoms with Crippen LogP contribution in [-0.2, 0) is 9.31 Å². The van der Waals surface area contributed by atoms with Crippen molar-refractivity contribution in [1.82, 2.24) is 4.98 Å². The molecule has 2 heterocycles. The van der Waals surface area contributed by atoms with E-state index >= 15 is 0 Å². The summed E-state index contributed by atoms with van der Waals surface area (Å²) < 4.78 is 11.7. The van der Waals surface area contributed by atoms with Crippen molar-refractivity contribution in [2.45, 2.75) is 38.9 Å². The van der Waals surface area contributed by atoms with Gasteiger partial charge < -0.3 is 9.31 Å². The van der Waals surface area contributed by atoms with Gasteiger partial charge in [-0.2, -0.15) is 0 Å². The van der Waals surface area contributed by atoms with Crippen LogP contribution in [0.5, 0.6) is 0 Å². The molecule has 1 aromatic heterocycles. The maximum Gasteiger partial charge on any atom is 0.487 e. The van der Waals surface area contributed by atoms with Gasteiger partial charge in [-0.25, -0.2) is 4.98 Å². The van der Waals surface area contributed by atoms with E-state index in [4.69, 9.17) is 9.31 Å². The Morgan fingerprint density at radius 2 is 1.88 bits per heavy atom. The number of hydrogen-bond acceptors (Lipinski definition) is 4. The molecular weight excluding hydrogens is 221 g/mol. The first kappa shape index (κ1) is 11.8. The highest BCUT2D eigenvalue weighted by Gasteiger charge is 2.49. The van der Waals surface area contributed by atoms with E-state index in [1.54, 1.807) is 11.3 Å². The van der Waals surface area contributed by atoms with Crippen molar-refractivity contribution in [3.8, 4) is 0 Å². The predicted octanol–water partition coefficient (Wildman–Crippen LogP) is 2.79. The van der Waals surface area contributed by atoms with E-state index in [0.29, 0.717) is 0 Å². The van der Waals surface area contributed by atoms with Crippen molar-refractivity contribution in [3.63, 3.8) is 0 Å². The summed E-state index contributed by atoms with van der Waals surface area (Å²) in [5.74, 6) is 1.91. The average molecular weight is 237 g/mol. The minimum absolute atomic E-state index is 0.274. The van der Waals surface area contributed by atoms with Crippen LogP contribution in [0.25, 0.3) is 6.08 Å². The first-order chi connectivity index (χ1) is 7.41. The Morgan fingerprint density at radius 3 is 2.38 bits per heavy atom. The van der Waals surface area contributed by atoms with Crippen molar-refractivity contribution < 1.29 is 9.31 Å². The van der Waals surface area contributed by atoms with Crippen molar-refractivity contribution in [3.05, 3.63) is 22.6 Å². The quantitative estimate of drug-likeness (QED) is 0.741. The first-order valence-electron chi connectivity index (χ1n) is 5.33. The van der Waals surface area contributed by atoms with Crippen LogP contribution in [0.2, 0.25) is 0 Å². The van der Waals surface area contributed by atoms with E-state index in [1.165, 1.54) is 0 Å². The van der Waals surface area contributed by atoms with Crippen LogP contribution in [0, 0.1) is 0 Å². The van der Waals surface area contributed by atoms with Crippen molar-refractivity contribution in [2.24, 2.45) is 0 Å². The minimum atomic E-state index is -0.285. The van der Waals surface area contributed by atoms with Gasteiger partial charge in [-0.1, -0.05) is 5.98 Å². The summed E-state index contributed by atoms with van der Waals surface area (Å²) in [4.78, 5) is 4.17. The molecule has 0 saturated carbocycles. The molecule has 0 N–H and O–H groups in total. The van der Waals surface area contributed by atoms with Crippen LogP contribution in [0.3, 0.4) is 0 Å². The van der Waals surface area contributed by atoms with Crippen LogP contribution in [0.15, 0.2) is 16.9 Å². The third-order valence-electron chi connectivity index (χ3n) is 3.15. The molecular formula is C11H16BNO2S. The molecule has 0 spiro atoms. The summed E-state index contributed by atoms with van der Waals surface area (Å²) in [5.41, 5.74) is 2.21. The van der Waals surface area contributed by atoms with Gasteiger partial charge in [0.25, 0.3) is 0 Å². The molecule has 0 aromatic carbocycles. The van der Waals surface area contributed by atoms with Crippen LogP contribution in [0.4, 0.5) is 0 Å². The normalized spacial score (nSPS) is 23.1. The van der Waals surface area contributed by atoms with Gasteiger partial charge >= 0.3 is 7.12 Å². The van der Waals surface area contributed by atoms with Crippen LogP contribution < -0.4 is 0 Å². The molecule has 0 radical (unpaired) electrons. The highest BCUT2D eigenvalue weighted by molar-refractivity contribution is 7.07. The monoisotopic (exact) mass is 237 g/mol. The third kappa shape index (κ3) is 2.21. The largest absolute Gasteiger partial charge is 0.487 e. The summed E-state index contributed by atoms with van der Waals surface area (Å²) >= 11 is 1.58. The van der Waals surface area contributed by atoms with Gasteiger partial charge in [0.15, 0.2) is 0 Å². The number of nitrogens with zero attached hydrogens (tertiary/aromatic N) is 1. The smallest absolute Gasteiger partial charge is 0.400 e. The van der Waals surface area contributed by atoms with Gasteiger partial charge in [0, 0.05) is 5.38 Å². The maximum absolute atomic E-state index is 5.83. The Bertz CT molecular complexity index is 371. The van der Waals surface area contributed by atoms with E-state index in [1.807, 2.05) is 50.6 Å². The molecule has 0 aliphatic carbocycles. The molecule has 0 amide bonds. The molecule has 0 atom stereocenters. The average Bonchev–Trinajstić information content (AvgIpc) is 2.70. The molecule has 16 heavy (non-hydrogen) atoms. The van der Waals surface area contributed by atoms with Crippen LogP contribution in [0.1, 0.15) is 33.4 Å². The summed E-state index contributed by atoms with van der Waals surface area (Å²) in [6.07, 6.45) is 1.93. The Morgan fingerprint density at radius 1 is 1.25 bits per heavy atom. The minimum Gasteiger partial charge on any atom is -0.400 e. The van der Waals surface area contributed by atoms with Crippen molar-refractivity contribution in [1.29, 1.82) is 0 Å². The molecule has 1 aliphatic heterocycles. The molecule has 2 rings (SSSR count). The van der Waals surface area contributed by atoms with E-state index in [-0.39, 0.29) is 18.3 Å². The van der Waals surface area contributed by atoms with Gasteiger partial charge in [0.2, 0.25) is 0 Å². The zero-order valence-corrected chi connectivity index (χ0v) is 10.9. The zero-order valence-electron chi connectivity index (χ0n) is 10.1. The van der Waals surface area contributed by atoms with E-state index in [9.17, 15) is 0 Å². The molecule has 5 heteroatoms. The van der Waals surface area contributed by atoms with Crippen molar-refractivity contribution >= 4 is 24.5 Å². The van der Waals surface area contributed by atoms with Gasteiger partial charge in [-0.05, 0) is 33.8 Å². The molecule has 3 nitrogen and oxygen atoms in total. The summed E-state index contributed by atoms with van der Waals surface area (Å²) in [7, 11) is -0.285. The number of hydrogen-bond donors (Lipinski definition) is 0. The summed E-state index contributed by atoms with van der Waals surface area (Å²) in [6.45, 7) is 8.18. The SMILES string of the molecule is CC1(C)OB(/C=C/c2cscn2)OC1(C)C. The van der Waals surface area contributed by atoms with E-state index in [0.717, 1.165) is 5.69 Å². The third-order valence-corrected chi connectivity index (χ3v) is 3.75. The second-order valence-electron chi connectivity index (χ2n) is 4.90. The lowest BCUT2D eigenvalue weighted by Gasteiger charge is -2.32. The standard InChI is InChI=1S/C11H16BNO2S/c1-10(2)11(3,4)15-12(14-10)6-5-9-7-16-8-13-9/h5-8H,1-4H3/b6-5+. The van der Waals surface area contributed by atoms with Gasteiger partial charge in [0.05, 0.1) is 22.4 Å². The Hall–Kier alpha value is -0.645. The fourth-order valence-electron chi connectivity index (χ4n) is 1.45. The highest BCUT2D eigenvalue weighted by atomic mass is 32.1. The van der Waals surface area contributed by atoms with E-state index < -0.39 is 0 Å². The van der Waals surface area contributed by atoms with Gasteiger partial charge in [-0.15, -0.1) is 11.3 Å². The van der Waals surface area contributed by atoms with Gasteiger partial charge in [-0.3, -0.25) is 0 Å². The Kier molecular flexibility index (Phi) is 2.94. The second kappa shape index (κ2) is 3.98. The Balaban J connectivity index is 2.05. The fraction of sp³-hybridized carbons (Fsp3) is 0.545. The number of aromatic nitrogens is 1. The molecule has 1 saturated heterocycles. The molecule has 0 bridgehead atoms. The predicted molar refractivity (Wildman–Crippen MR) is 67.2 cm³/mol. The lowest BCUT2D eigenvalue weighted by Crippen LogP contribution is -2.41. The molecule has 0 unspecified atom stereocenters. The first-order valence-corrected chi connectivity index (χ1v) is 6.27. The summed E-state index contributed by atoms with van der Waals surface area (Å²) in [6, 6.07) is 0. The second-order valence-corrected chi connectivity index (χ2v) is 5.62. The molecule has 86 valence electrons. The number of thiazole rings is 1. The van der Waals surface area contributed by atoms with E-state index in [2.05, 4.69) is 4.98 Å². The van der Waals surface area contributed by atoms with Crippen molar-refractivity contribution in [2.75, 3.05) is 0 Å². The number of rotatable bonds is 2. The van der Waals surface area contributed by atoms with Gasteiger partial charge in [0.1, 0.15) is 0 Å². The highest BCUT2D eigenvalue weighted by Crippen LogP contribution is 2.36. The topological polar surface area (TPSA) is 31.4 Å². The lowest BCUT2D eigenvalue weighted by molar-refractivity contribution is 0.00578. The lowest BCUT2D eigenvalue weighted by atomic mass is 9.90. The fourth-order valence-corrected chi connectivity index (χ4v) is 1.97. The molecule has 1 fully saturated rings. The van der Waals surface area contributed by atoms with Crippen LogP contribution >= 0.6 is 11.3 Å².